The third kappa shape index (κ3) is 6.80. The van der Waals surface area contributed by atoms with E-state index in [1.54, 1.807) is 0 Å². The van der Waals surface area contributed by atoms with E-state index in [0.717, 1.165) is 40.3 Å². The zero-order valence-corrected chi connectivity index (χ0v) is 34.5. The average Bonchev–Trinajstić information content (AvgIpc) is 3.86. The highest BCUT2D eigenvalue weighted by molar-refractivity contribution is 6.12. The minimum absolute atomic E-state index is 0.808. The second-order valence-electron chi connectivity index (χ2n) is 16.0. The first-order chi connectivity index (χ1) is 30.7. The van der Waals surface area contributed by atoms with E-state index >= 15 is 0 Å². The molecule has 3 heteroatoms. The van der Waals surface area contributed by atoms with Crippen LogP contribution in [0.1, 0.15) is 23.6 Å². The summed E-state index contributed by atoms with van der Waals surface area (Å²) >= 11 is 0. The first kappa shape index (κ1) is 37.0. The van der Waals surface area contributed by atoms with Gasteiger partial charge in [-0.15, -0.1) is 0 Å². The molecule has 0 amide bonds. The zero-order chi connectivity index (χ0) is 41.4. The fourth-order valence-corrected chi connectivity index (χ4v) is 9.09. The average molecular weight is 794 g/mol. The summed E-state index contributed by atoms with van der Waals surface area (Å²) in [6.45, 7) is 2.12. The van der Waals surface area contributed by atoms with Crippen LogP contribution in [0.2, 0.25) is 0 Å². The SMILES string of the molecule is CC(=N/C(=C\Cc1ccccc1)c1ccccc1)c1cccc(-n2c3ccccc3c3ccc(-c4ccc5c6ccccc6n(-c6cccc(-c7ccccc7)c6)c5c4)cc32)c1. The molecule has 0 N–H and O–H groups in total. The van der Waals surface area contributed by atoms with Crippen molar-refractivity contribution in [2.45, 2.75) is 13.3 Å². The lowest BCUT2D eigenvalue weighted by atomic mass is 10.0. The van der Waals surface area contributed by atoms with Gasteiger partial charge in [0.05, 0.1) is 27.8 Å². The van der Waals surface area contributed by atoms with Crippen LogP contribution in [0.5, 0.6) is 0 Å². The number of hydrogen-bond donors (Lipinski definition) is 0. The normalized spacial score (nSPS) is 12.2. The van der Waals surface area contributed by atoms with Gasteiger partial charge in [0, 0.05) is 38.6 Å². The maximum Gasteiger partial charge on any atom is 0.0668 e. The van der Waals surface area contributed by atoms with Gasteiger partial charge < -0.3 is 9.13 Å². The fourth-order valence-electron chi connectivity index (χ4n) is 9.09. The Hall–Kier alpha value is -8.01. The maximum absolute atomic E-state index is 5.29. The molecule has 2 heterocycles. The number of rotatable bonds is 9. The van der Waals surface area contributed by atoms with Gasteiger partial charge in [-0.3, -0.25) is 4.99 Å². The molecule has 2 aromatic heterocycles. The molecule has 0 aliphatic rings. The zero-order valence-electron chi connectivity index (χ0n) is 34.5. The van der Waals surface area contributed by atoms with Crippen LogP contribution < -0.4 is 0 Å². The van der Waals surface area contributed by atoms with Gasteiger partial charge in [-0.05, 0) is 101 Å². The molecular formula is C59H43N3. The molecule has 11 rings (SSSR count). The van der Waals surface area contributed by atoms with Crippen LogP contribution in [0.3, 0.4) is 0 Å². The van der Waals surface area contributed by atoms with Gasteiger partial charge in [0.2, 0.25) is 0 Å². The number of aliphatic imine (C=N–C) groups is 1. The van der Waals surface area contributed by atoms with Gasteiger partial charge in [-0.25, -0.2) is 0 Å². The molecular weight excluding hydrogens is 751 g/mol. The van der Waals surface area contributed by atoms with Crippen LogP contribution in [0.15, 0.2) is 236 Å². The fraction of sp³-hybridized carbons (Fsp3) is 0.0339. The Morgan fingerprint density at radius 3 is 1.48 bits per heavy atom. The largest absolute Gasteiger partial charge is 0.309 e. The minimum atomic E-state index is 0.808. The first-order valence-electron chi connectivity index (χ1n) is 21.3. The summed E-state index contributed by atoms with van der Waals surface area (Å²) in [4.78, 5) is 5.29. The van der Waals surface area contributed by atoms with Crippen molar-refractivity contribution < 1.29 is 0 Å². The lowest BCUT2D eigenvalue weighted by Crippen LogP contribution is -2.00. The molecule has 62 heavy (non-hydrogen) atoms. The van der Waals surface area contributed by atoms with E-state index in [-0.39, 0.29) is 0 Å². The molecule has 0 bridgehead atoms. The Labute approximate surface area is 361 Å². The van der Waals surface area contributed by atoms with Crippen LogP contribution in [0, 0.1) is 0 Å². The van der Waals surface area contributed by atoms with E-state index in [0.29, 0.717) is 0 Å². The Kier molecular flexibility index (Phi) is 9.48. The Bertz CT molecular complexity index is 3480. The van der Waals surface area contributed by atoms with Gasteiger partial charge in [0.25, 0.3) is 0 Å². The number of aromatic nitrogens is 2. The predicted octanol–water partition coefficient (Wildman–Crippen LogP) is 15.3. The summed E-state index contributed by atoms with van der Waals surface area (Å²) < 4.78 is 4.84. The lowest BCUT2D eigenvalue weighted by Gasteiger charge is -2.12. The molecule has 3 nitrogen and oxygen atoms in total. The molecule has 0 aliphatic heterocycles. The molecule has 0 spiro atoms. The van der Waals surface area contributed by atoms with Crippen LogP contribution in [-0.4, -0.2) is 14.8 Å². The van der Waals surface area contributed by atoms with Crippen LogP contribution in [0.25, 0.3) is 82.9 Å². The number of allylic oxidation sites excluding steroid dienone is 1. The second kappa shape index (κ2) is 15.9. The molecule has 0 atom stereocenters. The standard InChI is InChI=1S/C59H43N3/c1-41(60-55(44-21-9-4-10-22-44)36-31-42-17-5-2-6-18-42)45-23-15-25-49(37-45)61-56-29-13-11-27-51(56)53-34-32-47(39-58(53)61)48-33-35-54-52-28-12-14-30-57(52)62(59(54)40-48)50-26-16-24-46(38-50)43-19-7-3-8-20-43/h2-30,32-40H,31H2,1H3/b55-36-,60-41?. The van der Waals surface area contributed by atoms with Crippen LogP contribution in [-0.2, 0) is 6.42 Å². The second-order valence-corrected chi connectivity index (χ2v) is 16.0. The van der Waals surface area contributed by atoms with Gasteiger partial charge in [-0.2, -0.15) is 0 Å². The summed E-state index contributed by atoms with van der Waals surface area (Å²) in [7, 11) is 0. The number of benzene rings is 9. The van der Waals surface area contributed by atoms with Crippen molar-refractivity contribution in [3.63, 3.8) is 0 Å². The van der Waals surface area contributed by atoms with Crippen molar-refractivity contribution in [3.05, 3.63) is 247 Å². The van der Waals surface area contributed by atoms with Gasteiger partial charge in [0.1, 0.15) is 0 Å². The van der Waals surface area contributed by atoms with Gasteiger partial charge in [0.15, 0.2) is 0 Å². The molecule has 0 fully saturated rings. The van der Waals surface area contributed by atoms with Crippen molar-refractivity contribution >= 4 is 55.0 Å². The molecule has 0 radical (unpaired) electrons. The third-order valence-corrected chi connectivity index (χ3v) is 12.1. The molecule has 0 aliphatic carbocycles. The third-order valence-electron chi connectivity index (χ3n) is 12.1. The molecule has 11 aromatic rings. The highest BCUT2D eigenvalue weighted by Gasteiger charge is 2.17. The summed E-state index contributed by atoms with van der Waals surface area (Å²) in [6, 6.07) is 80.8. The van der Waals surface area contributed by atoms with Crippen molar-refractivity contribution in [1.82, 2.24) is 9.13 Å². The van der Waals surface area contributed by atoms with E-state index in [4.69, 9.17) is 4.99 Å². The molecule has 0 saturated heterocycles. The number of hydrogen-bond acceptors (Lipinski definition) is 1. The van der Waals surface area contributed by atoms with Crippen LogP contribution >= 0.6 is 0 Å². The molecule has 9 aromatic carbocycles. The van der Waals surface area contributed by atoms with Crippen molar-refractivity contribution in [3.8, 4) is 33.6 Å². The Morgan fingerprint density at radius 1 is 0.387 bits per heavy atom. The quantitative estimate of drug-likeness (QED) is 0.130. The molecule has 0 saturated carbocycles. The van der Waals surface area contributed by atoms with Gasteiger partial charge in [-0.1, -0.05) is 182 Å². The van der Waals surface area contributed by atoms with Crippen LogP contribution in [0.4, 0.5) is 0 Å². The lowest BCUT2D eigenvalue weighted by molar-refractivity contribution is 1.18. The number of para-hydroxylation sites is 2. The van der Waals surface area contributed by atoms with Crippen molar-refractivity contribution in [1.29, 1.82) is 0 Å². The monoisotopic (exact) mass is 793 g/mol. The highest BCUT2D eigenvalue weighted by Crippen LogP contribution is 2.39. The van der Waals surface area contributed by atoms with Crippen molar-refractivity contribution in [2.75, 3.05) is 0 Å². The summed E-state index contributed by atoms with van der Waals surface area (Å²) in [5, 5.41) is 4.94. The van der Waals surface area contributed by atoms with E-state index in [1.807, 2.05) is 0 Å². The van der Waals surface area contributed by atoms with E-state index in [9.17, 15) is 0 Å². The number of nitrogens with zero attached hydrogens (tertiary/aromatic N) is 3. The van der Waals surface area contributed by atoms with E-state index in [2.05, 4.69) is 247 Å². The summed E-state index contributed by atoms with van der Waals surface area (Å²) in [5.41, 5.74) is 17.1. The smallest absolute Gasteiger partial charge is 0.0668 e. The summed E-state index contributed by atoms with van der Waals surface area (Å²) in [6.07, 6.45) is 3.05. The topological polar surface area (TPSA) is 22.2 Å². The van der Waals surface area contributed by atoms with Crippen molar-refractivity contribution in [2.24, 2.45) is 4.99 Å². The number of fused-ring (bicyclic) bond motifs is 6. The minimum Gasteiger partial charge on any atom is -0.309 e. The first-order valence-corrected chi connectivity index (χ1v) is 21.3. The Balaban J connectivity index is 1.02. The summed E-state index contributed by atoms with van der Waals surface area (Å²) in [5.74, 6) is 0. The Morgan fingerprint density at radius 2 is 0.855 bits per heavy atom. The molecule has 294 valence electrons. The van der Waals surface area contributed by atoms with Gasteiger partial charge >= 0.3 is 0 Å². The predicted molar refractivity (Wildman–Crippen MR) is 263 cm³/mol. The van der Waals surface area contributed by atoms with E-state index in [1.165, 1.54) is 71.4 Å². The highest BCUT2D eigenvalue weighted by atomic mass is 15.0. The molecule has 0 unspecified atom stereocenters. The maximum atomic E-state index is 5.29. The van der Waals surface area contributed by atoms with E-state index < -0.39 is 0 Å².